The van der Waals surface area contributed by atoms with Gasteiger partial charge in [0.1, 0.15) is 0 Å². The van der Waals surface area contributed by atoms with E-state index in [1.54, 1.807) is 0 Å². The average Bonchev–Trinajstić information content (AvgIpc) is 2.98. The van der Waals surface area contributed by atoms with E-state index >= 15 is 0 Å². The van der Waals surface area contributed by atoms with Crippen LogP contribution in [0.5, 0.6) is 0 Å². The number of amides is 1. The molecule has 3 aliphatic rings. The second-order valence-corrected chi connectivity index (χ2v) is 7.75. The van der Waals surface area contributed by atoms with Gasteiger partial charge in [-0.2, -0.15) is 0 Å². The minimum Gasteiger partial charge on any atom is -0.373 e. The fourth-order valence-corrected chi connectivity index (χ4v) is 4.34. The Morgan fingerprint density at radius 3 is 2.54 bits per heavy atom. The van der Waals surface area contributed by atoms with Gasteiger partial charge in [-0.25, -0.2) is 0 Å². The van der Waals surface area contributed by atoms with Crippen molar-refractivity contribution in [2.75, 3.05) is 31.6 Å². The molecule has 0 N–H and O–H groups in total. The molecule has 0 radical (unpaired) electrons. The molecule has 1 unspecified atom stereocenters. The molecule has 0 aromatic heterocycles. The summed E-state index contributed by atoms with van der Waals surface area (Å²) in [5.41, 5.74) is 1.24. The smallest absolute Gasteiger partial charge is 0.225 e. The van der Waals surface area contributed by atoms with Crippen LogP contribution in [0.3, 0.4) is 0 Å². The lowest BCUT2D eigenvalue weighted by Gasteiger charge is -2.41. The number of hydrogen-bond donors (Lipinski definition) is 0. The van der Waals surface area contributed by atoms with Gasteiger partial charge in [-0.3, -0.25) is 4.79 Å². The molecule has 0 bridgehead atoms. The van der Waals surface area contributed by atoms with Crippen molar-refractivity contribution < 1.29 is 9.53 Å². The molecule has 1 aliphatic carbocycles. The summed E-state index contributed by atoms with van der Waals surface area (Å²) in [7, 11) is 2.16. The summed E-state index contributed by atoms with van der Waals surface area (Å²) in [6.45, 7) is 2.54. The second-order valence-electron chi connectivity index (χ2n) is 7.75. The van der Waals surface area contributed by atoms with Gasteiger partial charge in [0.25, 0.3) is 0 Å². The maximum atomic E-state index is 12.4. The van der Waals surface area contributed by atoms with E-state index < -0.39 is 0 Å². The van der Waals surface area contributed by atoms with Crippen molar-refractivity contribution in [1.29, 1.82) is 0 Å². The SMILES string of the molecule is CN(c1ccccc1)C1COC2(CCN(C(=O)C3CCC3)CC2)C1. The van der Waals surface area contributed by atoms with Gasteiger partial charge in [-0.15, -0.1) is 0 Å². The molecule has 4 nitrogen and oxygen atoms in total. The molecule has 130 valence electrons. The van der Waals surface area contributed by atoms with Crippen LogP contribution >= 0.6 is 0 Å². The van der Waals surface area contributed by atoms with Gasteiger partial charge in [0, 0.05) is 31.7 Å². The minimum atomic E-state index is -0.00982. The van der Waals surface area contributed by atoms with Crippen molar-refractivity contribution in [2.24, 2.45) is 5.92 Å². The average molecular weight is 328 g/mol. The number of rotatable bonds is 3. The maximum absolute atomic E-state index is 12.4. The summed E-state index contributed by atoms with van der Waals surface area (Å²) in [6, 6.07) is 11.0. The van der Waals surface area contributed by atoms with Crippen molar-refractivity contribution in [3.63, 3.8) is 0 Å². The number of hydrogen-bond acceptors (Lipinski definition) is 3. The topological polar surface area (TPSA) is 32.8 Å². The highest BCUT2D eigenvalue weighted by Gasteiger charge is 2.45. The molecule has 4 heteroatoms. The zero-order valence-corrected chi connectivity index (χ0v) is 14.6. The largest absolute Gasteiger partial charge is 0.373 e. The van der Waals surface area contributed by atoms with Crippen LogP contribution in [0.25, 0.3) is 0 Å². The molecule has 1 saturated carbocycles. The molecule has 3 fully saturated rings. The third-order valence-corrected chi connectivity index (χ3v) is 6.34. The number of piperidine rings is 1. The molecular formula is C20H28N2O2. The highest BCUT2D eigenvalue weighted by atomic mass is 16.5. The molecule has 4 rings (SSSR count). The first-order valence-corrected chi connectivity index (χ1v) is 9.38. The quantitative estimate of drug-likeness (QED) is 0.855. The molecule has 2 heterocycles. The van der Waals surface area contributed by atoms with Crippen molar-refractivity contribution in [3.8, 4) is 0 Å². The van der Waals surface area contributed by atoms with Crippen LogP contribution in [0, 0.1) is 5.92 Å². The van der Waals surface area contributed by atoms with Gasteiger partial charge in [0.05, 0.1) is 18.2 Å². The molecule has 2 saturated heterocycles. The van der Waals surface area contributed by atoms with Crippen LogP contribution in [0.1, 0.15) is 38.5 Å². The third kappa shape index (κ3) is 2.92. The molecule has 24 heavy (non-hydrogen) atoms. The van der Waals surface area contributed by atoms with E-state index in [1.165, 1.54) is 12.1 Å². The Labute approximate surface area is 144 Å². The van der Waals surface area contributed by atoms with Crippen LogP contribution in [0.4, 0.5) is 5.69 Å². The summed E-state index contributed by atoms with van der Waals surface area (Å²) >= 11 is 0. The molecular weight excluding hydrogens is 300 g/mol. The van der Waals surface area contributed by atoms with Crippen LogP contribution in [-0.2, 0) is 9.53 Å². The van der Waals surface area contributed by atoms with Gasteiger partial charge >= 0.3 is 0 Å². The minimum absolute atomic E-state index is 0.00982. The first-order chi connectivity index (χ1) is 11.7. The Hall–Kier alpha value is -1.55. The summed E-state index contributed by atoms with van der Waals surface area (Å²) < 4.78 is 6.29. The maximum Gasteiger partial charge on any atom is 0.225 e. The Morgan fingerprint density at radius 2 is 1.92 bits per heavy atom. The number of likely N-dealkylation sites (N-methyl/N-ethyl adjacent to an activating group) is 1. The van der Waals surface area contributed by atoms with Gasteiger partial charge < -0.3 is 14.5 Å². The monoisotopic (exact) mass is 328 g/mol. The van der Waals surface area contributed by atoms with E-state index in [0.717, 1.165) is 51.8 Å². The fourth-order valence-electron chi connectivity index (χ4n) is 4.34. The van der Waals surface area contributed by atoms with Crippen molar-refractivity contribution in [1.82, 2.24) is 4.90 Å². The molecule has 1 atom stereocenters. The van der Waals surface area contributed by atoms with E-state index in [4.69, 9.17) is 4.74 Å². The first kappa shape index (κ1) is 15.9. The number of carbonyl (C=O) groups excluding carboxylic acids is 1. The van der Waals surface area contributed by atoms with E-state index in [9.17, 15) is 4.79 Å². The second kappa shape index (κ2) is 6.40. The van der Waals surface area contributed by atoms with Gasteiger partial charge in [-0.1, -0.05) is 24.6 Å². The molecule has 2 aliphatic heterocycles. The molecule has 1 amide bonds. The van der Waals surface area contributed by atoms with Crippen LogP contribution in [0.15, 0.2) is 30.3 Å². The van der Waals surface area contributed by atoms with Gasteiger partial charge in [-0.05, 0) is 44.2 Å². The van der Waals surface area contributed by atoms with Crippen LogP contribution in [-0.4, -0.2) is 49.2 Å². The summed E-state index contributed by atoms with van der Waals surface area (Å²) in [5.74, 6) is 0.715. The number of nitrogens with zero attached hydrogens (tertiary/aromatic N) is 2. The highest BCUT2D eigenvalue weighted by Crippen LogP contribution is 2.39. The highest BCUT2D eigenvalue weighted by molar-refractivity contribution is 5.79. The first-order valence-electron chi connectivity index (χ1n) is 9.38. The fraction of sp³-hybridized carbons (Fsp3) is 0.650. The Balaban J connectivity index is 1.34. The molecule has 1 aromatic rings. The molecule has 1 spiro atoms. The number of para-hydroxylation sites is 1. The Kier molecular flexibility index (Phi) is 4.25. The number of anilines is 1. The lowest BCUT2D eigenvalue weighted by molar-refractivity contribution is -0.142. The Morgan fingerprint density at radius 1 is 1.21 bits per heavy atom. The zero-order chi connectivity index (χ0) is 16.6. The third-order valence-electron chi connectivity index (χ3n) is 6.34. The predicted molar refractivity (Wildman–Crippen MR) is 95.1 cm³/mol. The predicted octanol–water partition coefficient (Wildman–Crippen LogP) is 3.07. The normalized spacial score (nSPS) is 26.4. The Bertz CT molecular complexity index is 577. The number of ether oxygens (including phenoxy) is 1. The van der Waals surface area contributed by atoms with E-state index in [1.807, 2.05) is 0 Å². The van der Waals surface area contributed by atoms with Gasteiger partial charge in [0.15, 0.2) is 0 Å². The number of benzene rings is 1. The van der Waals surface area contributed by atoms with Crippen LogP contribution < -0.4 is 4.90 Å². The van der Waals surface area contributed by atoms with Crippen molar-refractivity contribution >= 4 is 11.6 Å². The summed E-state index contributed by atoms with van der Waals surface area (Å²) in [4.78, 5) is 16.9. The van der Waals surface area contributed by atoms with E-state index in [-0.39, 0.29) is 5.60 Å². The summed E-state index contributed by atoms with van der Waals surface area (Å²) in [6.07, 6.45) is 6.48. The summed E-state index contributed by atoms with van der Waals surface area (Å²) in [5, 5.41) is 0. The van der Waals surface area contributed by atoms with Crippen molar-refractivity contribution in [2.45, 2.75) is 50.2 Å². The lowest BCUT2D eigenvalue weighted by Crippen LogP contribution is -2.49. The van der Waals surface area contributed by atoms with Crippen molar-refractivity contribution in [3.05, 3.63) is 30.3 Å². The number of likely N-dealkylation sites (tertiary alicyclic amines) is 1. The standard InChI is InChI=1S/C20H28N2O2/c1-21(17-8-3-2-4-9-17)18-14-20(24-15-18)10-12-22(13-11-20)19(23)16-6-5-7-16/h2-4,8-9,16,18H,5-7,10-15H2,1H3. The lowest BCUT2D eigenvalue weighted by atomic mass is 9.82. The van der Waals surface area contributed by atoms with Gasteiger partial charge in [0.2, 0.25) is 5.91 Å². The zero-order valence-electron chi connectivity index (χ0n) is 14.6. The molecule has 1 aromatic carbocycles. The van der Waals surface area contributed by atoms with E-state index in [0.29, 0.717) is 17.9 Å². The van der Waals surface area contributed by atoms with E-state index in [2.05, 4.69) is 47.2 Å². The number of carbonyl (C=O) groups is 1. The van der Waals surface area contributed by atoms with Crippen LogP contribution in [0.2, 0.25) is 0 Å².